The van der Waals surface area contributed by atoms with Gasteiger partial charge in [0, 0.05) is 120 Å². The van der Waals surface area contributed by atoms with Crippen LogP contribution in [0.1, 0.15) is 11.1 Å². The minimum atomic E-state index is 0.128. The van der Waals surface area contributed by atoms with Crippen LogP contribution in [0.4, 0.5) is 5.69 Å². The molecule has 8 heterocycles. The Bertz CT molecular complexity index is 6490. The maximum absolute atomic E-state index is 5.58. The van der Waals surface area contributed by atoms with Gasteiger partial charge in [0.1, 0.15) is 0 Å². The summed E-state index contributed by atoms with van der Waals surface area (Å²) < 4.78 is 0. The van der Waals surface area contributed by atoms with E-state index in [1.165, 1.54) is 71.7 Å². The predicted molar refractivity (Wildman–Crippen MR) is 387 cm³/mol. The van der Waals surface area contributed by atoms with Gasteiger partial charge in [-0.1, -0.05) is 188 Å². The van der Waals surface area contributed by atoms with E-state index in [2.05, 4.69) is 230 Å². The number of rotatable bonds is 5. The number of pyridine rings is 7. The van der Waals surface area contributed by atoms with Gasteiger partial charge in [-0.2, -0.15) is 0 Å². The lowest BCUT2D eigenvalue weighted by Gasteiger charge is -2.43. The highest BCUT2D eigenvalue weighted by molar-refractivity contribution is 6.20. The van der Waals surface area contributed by atoms with E-state index < -0.39 is 0 Å². The van der Waals surface area contributed by atoms with Gasteiger partial charge in [0.2, 0.25) is 0 Å². The molecule has 21 rings (SSSR count). The summed E-state index contributed by atoms with van der Waals surface area (Å²) >= 11 is 0. The second kappa shape index (κ2) is 19.6. The molecule has 0 spiro atoms. The van der Waals surface area contributed by atoms with Gasteiger partial charge in [-0.05, 0) is 137 Å². The third-order valence-corrected chi connectivity index (χ3v) is 20.6. The average Bonchev–Trinajstić information content (AvgIpc) is 0.810. The summed E-state index contributed by atoms with van der Waals surface area (Å²) in [5.74, 6) is 0.280. The Morgan fingerprint density at radius 3 is 1.86 bits per heavy atom. The molecule has 8 heteroatoms. The van der Waals surface area contributed by atoms with Crippen molar-refractivity contribution < 1.29 is 0 Å². The van der Waals surface area contributed by atoms with Crippen molar-refractivity contribution in [2.75, 3.05) is 11.9 Å². The Labute approximate surface area is 538 Å². The Kier molecular flexibility index (Phi) is 10.7. The first kappa shape index (κ1) is 51.4. The van der Waals surface area contributed by atoms with Crippen LogP contribution in [0.25, 0.3) is 164 Å². The Morgan fingerprint density at radius 2 is 0.979 bits per heavy atom. The number of nitrogens with one attached hydrogen (secondary N) is 1. The molecule has 2 atom stereocenters. The summed E-state index contributed by atoms with van der Waals surface area (Å²) in [6, 6.07) is 68.0. The first-order valence-corrected chi connectivity index (χ1v) is 32.2. The number of fused-ring (bicyclic) bond motifs is 17. The van der Waals surface area contributed by atoms with Gasteiger partial charge < -0.3 is 5.32 Å². The maximum Gasteiger partial charge on any atom is 0.0978 e. The molecule has 0 fully saturated rings. The van der Waals surface area contributed by atoms with E-state index in [-0.39, 0.29) is 11.8 Å². The van der Waals surface area contributed by atoms with Crippen molar-refractivity contribution in [2.24, 2.45) is 11.8 Å². The van der Waals surface area contributed by atoms with Gasteiger partial charge in [0.25, 0.3) is 0 Å². The van der Waals surface area contributed by atoms with E-state index in [0.717, 1.165) is 144 Å². The van der Waals surface area contributed by atoms with Crippen LogP contribution in [0.5, 0.6) is 0 Å². The van der Waals surface area contributed by atoms with Crippen molar-refractivity contribution in [3.8, 4) is 33.4 Å². The lowest BCUT2D eigenvalue weighted by Crippen LogP contribution is -2.31. The number of para-hydroxylation sites is 1. The summed E-state index contributed by atoms with van der Waals surface area (Å²) in [5, 5.41) is 18.1. The van der Waals surface area contributed by atoms with Gasteiger partial charge in [-0.15, -0.1) is 0 Å². The lowest BCUT2D eigenvalue weighted by atomic mass is 9.61. The lowest BCUT2D eigenvalue weighted by molar-refractivity contribution is 0.563. The van der Waals surface area contributed by atoms with Gasteiger partial charge in [-0.25, -0.2) is 9.97 Å². The molecule has 7 aromatic heterocycles. The highest BCUT2D eigenvalue weighted by Crippen LogP contribution is 2.56. The monoisotopic (exact) mass is 1190 g/mol. The predicted octanol–water partition coefficient (Wildman–Crippen LogP) is 20.5. The molecular weight excluding hydrogens is 1150 g/mol. The van der Waals surface area contributed by atoms with E-state index in [9.17, 15) is 0 Å². The Hall–Kier alpha value is -12.4. The summed E-state index contributed by atoms with van der Waals surface area (Å²) in [6.45, 7) is 0.739. The summed E-state index contributed by atoms with van der Waals surface area (Å²) in [7, 11) is 0. The standard InChI is InChI=1S/C86H50N8/c1-2-10-73-68(9-1)75(56-14-12-47-11-13-54-42-55(23-25-59(54)72(47)44-56)60-35-40-90-83-66(60)30-19-50-6-3-37-87-79(50)83)70-34-24-57-43-58(46-92-82(57)85(70)93-73)53-22-32-69-74(45-53)94-86-71(33-21-52-8-5-39-89-81(52)86)78(69)65-29-18-49-16-27-63-61(26-15-48-17-28-64(65)77(49)76(48)63)62-36-41-91-84-67(62)31-20-51-7-4-38-88-80(51)84/h1-40,42-46,76-77,91H,41H2. The zero-order valence-corrected chi connectivity index (χ0v) is 50.5. The topological polar surface area (TPSA) is 102 Å². The van der Waals surface area contributed by atoms with Crippen LogP contribution < -0.4 is 5.32 Å². The molecule has 434 valence electrons. The maximum atomic E-state index is 5.58. The van der Waals surface area contributed by atoms with Crippen LogP contribution in [0.15, 0.2) is 302 Å². The molecule has 0 amide bonds. The molecule has 1 N–H and O–H groups in total. The van der Waals surface area contributed by atoms with E-state index in [4.69, 9.17) is 34.9 Å². The molecule has 9 aromatic carbocycles. The van der Waals surface area contributed by atoms with Crippen LogP contribution in [0.3, 0.4) is 0 Å². The molecule has 1 aliphatic heterocycles. The molecular formula is C86H50N8. The van der Waals surface area contributed by atoms with Crippen molar-refractivity contribution >= 4 is 137 Å². The molecule has 0 radical (unpaired) electrons. The first-order valence-electron chi connectivity index (χ1n) is 32.2. The summed E-state index contributed by atoms with van der Waals surface area (Å²) in [4.78, 5) is 35.7. The number of nitrogens with zero attached hydrogens (tertiary/aromatic N) is 7. The highest BCUT2D eigenvalue weighted by Gasteiger charge is 2.42. The van der Waals surface area contributed by atoms with E-state index >= 15 is 0 Å². The van der Waals surface area contributed by atoms with Crippen molar-refractivity contribution in [3.05, 3.63) is 313 Å². The zero-order valence-electron chi connectivity index (χ0n) is 50.5. The van der Waals surface area contributed by atoms with E-state index in [1.807, 2.05) is 49.2 Å². The molecule has 0 saturated carbocycles. The SMILES string of the molecule is C1=CC2=C(c3c4ccc(-c5cnc6c(ccc7c(-c8ccc9ccc%10cc(-c%11ccnc%12c%11ccc%11cccnc%11%12)ccc%10c9c8)c8ccccc8nc76)c5)cc4nc4c3ccc3cccnc34)C=CC3=CC=C4C(C5=CCNc6c5ccc5cccnc65)=CC=C1C4C32. The largest absolute Gasteiger partial charge is 0.379 e. The second-order valence-corrected chi connectivity index (χ2v) is 25.4. The van der Waals surface area contributed by atoms with Gasteiger partial charge >= 0.3 is 0 Å². The highest BCUT2D eigenvalue weighted by atomic mass is 14.9. The fraction of sp³-hybridized carbons (Fsp3) is 0.0349. The van der Waals surface area contributed by atoms with Crippen LogP contribution in [0, 0.1) is 11.8 Å². The normalized spacial score (nSPS) is 16.5. The molecule has 2 unspecified atom stereocenters. The van der Waals surface area contributed by atoms with Crippen molar-refractivity contribution in [2.45, 2.75) is 0 Å². The fourth-order valence-corrected chi connectivity index (χ4v) is 16.3. The van der Waals surface area contributed by atoms with E-state index in [1.54, 1.807) is 0 Å². The minimum absolute atomic E-state index is 0.128. The van der Waals surface area contributed by atoms with Crippen LogP contribution in [0.2, 0.25) is 0 Å². The summed E-state index contributed by atoms with van der Waals surface area (Å²) in [6.07, 6.45) is 30.8. The van der Waals surface area contributed by atoms with Crippen LogP contribution in [-0.4, -0.2) is 41.4 Å². The quantitative estimate of drug-likeness (QED) is 0.134. The van der Waals surface area contributed by atoms with Crippen LogP contribution >= 0.6 is 0 Å². The number of benzene rings is 9. The summed E-state index contributed by atoms with van der Waals surface area (Å²) in [5.41, 5.74) is 27.3. The van der Waals surface area contributed by atoms with Crippen molar-refractivity contribution in [3.63, 3.8) is 0 Å². The van der Waals surface area contributed by atoms with E-state index in [0.29, 0.717) is 0 Å². The van der Waals surface area contributed by atoms with Crippen molar-refractivity contribution in [1.82, 2.24) is 34.9 Å². The van der Waals surface area contributed by atoms with Crippen molar-refractivity contribution in [1.29, 1.82) is 0 Å². The number of anilines is 1. The number of aromatic nitrogens is 7. The van der Waals surface area contributed by atoms with Gasteiger partial charge in [-0.3, -0.25) is 24.9 Å². The third kappa shape index (κ3) is 7.47. The Morgan fingerprint density at radius 1 is 0.340 bits per heavy atom. The van der Waals surface area contributed by atoms with Gasteiger partial charge in [0.05, 0.1) is 55.3 Å². The number of hydrogen-bond donors (Lipinski definition) is 1. The fourth-order valence-electron chi connectivity index (χ4n) is 16.3. The molecule has 5 aliphatic rings. The van der Waals surface area contributed by atoms with Gasteiger partial charge in [0.15, 0.2) is 0 Å². The second-order valence-electron chi connectivity index (χ2n) is 25.4. The molecule has 4 aliphatic carbocycles. The molecule has 8 nitrogen and oxygen atoms in total. The van der Waals surface area contributed by atoms with Crippen LogP contribution in [-0.2, 0) is 0 Å². The molecule has 0 saturated heterocycles. The first-order chi connectivity index (χ1) is 46.6. The third-order valence-electron chi connectivity index (χ3n) is 20.6. The average molecular weight is 1200 g/mol. The number of hydrogen-bond acceptors (Lipinski definition) is 8. The smallest absolute Gasteiger partial charge is 0.0978 e. The molecule has 16 aromatic rings. The Balaban J connectivity index is 0.668. The zero-order chi connectivity index (χ0) is 61.3. The minimum Gasteiger partial charge on any atom is -0.379 e. The molecule has 94 heavy (non-hydrogen) atoms. The molecule has 0 bridgehead atoms. The number of allylic oxidation sites excluding steroid dienone is 15.